The van der Waals surface area contributed by atoms with Crippen LogP contribution in [0.3, 0.4) is 0 Å². The van der Waals surface area contributed by atoms with Crippen LogP contribution in [0.2, 0.25) is 5.02 Å². The number of likely N-dealkylation sites (N-methyl/N-ethyl adjacent to an activating group) is 1. The third-order valence-corrected chi connectivity index (χ3v) is 2.62. The number of aliphatic hydroxyl groups is 1. The Labute approximate surface area is 94.5 Å². The summed E-state index contributed by atoms with van der Waals surface area (Å²) in [7, 11) is 1.83. The normalized spacial score (nSPS) is 11.9. The van der Waals surface area contributed by atoms with Gasteiger partial charge in [0.2, 0.25) is 0 Å². The molecule has 0 heterocycles. The van der Waals surface area contributed by atoms with E-state index >= 15 is 0 Å². The summed E-state index contributed by atoms with van der Waals surface area (Å²) in [6, 6.07) is 7.14. The van der Waals surface area contributed by atoms with E-state index in [1.807, 2.05) is 18.9 Å². The van der Waals surface area contributed by atoms with Gasteiger partial charge in [0.05, 0.1) is 17.9 Å². The number of anilines is 1. The van der Waals surface area contributed by atoms with Crippen LogP contribution >= 0.6 is 11.6 Å². The van der Waals surface area contributed by atoms with Crippen LogP contribution in [0.1, 0.15) is 12.5 Å². The minimum absolute atomic E-state index is 0.0356. The number of nitrogens with zero attached hydrogens (tertiary/aromatic N) is 2. The maximum Gasteiger partial charge on any atom is 0.101 e. The van der Waals surface area contributed by atoms with Crippen molar-refractivity contribution in [1.82, 2.24) is 0 Å². The summed E-state index contributed by atoms with van der Waals surface area (Å²) in [6.45, 7) is 1.91. The maximum absolute atomic E-state index is 9.04. The van der Waals surface area contributed by atoms with Crippen LogP contribution in [-0.4, -0.2) is 24.8 Å². The third kappa shape index (κ3) is 2.62. The van der Waals surface area contributed by atoms with E-state index in [9.17, 15) is 0 Å². The lowest BCUT2D eigenvalue weighted by Crippen LogP contribution is -2.32. The largest absolute Gasteiger partial charge is 0.394 e. The topological polar surface area (TPSA) is 47.3 Å². The predicted octanol–water partition coefficient (Wildman–Crippen LogP) is 2.03. The molecule has 0 aliphatic carbocycles. The van der Waals surface area contributed by atoms with Crippen molar-refractivity contribution in [2.24, 2.45) is 0 Å². The lowest BCUT2D eigenvalue weighted by atomic mass is 10.1. The summed E-state index contributed by atoms with van der Waals surface area (Å²) in [4.78, 5) is 1.84. The quantitative estimate of drug-likeness (QED) is 0.855. The number of halogens is 1. The van der Waals surface area contributed by atoms with E-state index in [0.29, 0.717) is 10.6 Å². The van der Waals surface area contributed by atoms with Gasteiger partial charge in [-0.1, -0.05) is 11.6 Å². The van der Waals surface area contributed by atoms with Gasteiger partial charge in [-0.2, -0.15) is 5.26 Å². The van der Waals surface area contributed by atoms with E-state index in [1.165, 1.54) is 0 Å². The molecule has 0 saturated heterocycles. The van der Waals surface area contributed by atoms with Crippen molar-refractivity contribution in [3.63, 3.8) is 0 Å². The second kappa shape index (κ2) is 5.01. The van der Waals surface area contributed by atoms with Gasteiger partial charge in [-0.15, -0.1) is 0 Å². The van der Waals surface area contributed by atoms with Crippen molar-refractivity contribution in [3.8, 4) is 6.07 Å². The standard InChI is InChI=1S/C11H13ClN2O/c1-8(7-15)14(2)11-5-10(12)4-3-9(11)6-13/h3-5,8,15H,7H2,1-2H3. The van der Waals surface area contributed by atoms with Gasteiger partial charge in [0, 0.05) is 18.1 Å². The molecule has 4 heteroatoms. The molecule has 80 valence electrons. The molecule has 0 bridgehead atoms. The molecule has 0 aliphatic heterocycles. The molecule has 0 aliphatic rings. The zero-order chi connectivity index (χ0) is 11.4. The number of hydrogen-bond donors (Lipinski definition) is 1. The van der Waals surface area contributed by atoms with Gasteiger partial charge >= 0.3 is 0 Å². The van der Waals surface area contributed by atoms with E-state index in [-0.39, 0.29) is 12.6 Å². The molecular weight excluding hydrogens is 212 g/mol. The molecule has 15 heavy (non-hydrogen) atoms. The van der Waals surface area contributed by atoms with Crippen LogP contribution < -0.4 is 4.90 Å². The van der Waals surface area contributed by atoms with E-state index in [1.54, 1.807) is 18.2 Å². The summed E-state index contributed by atoms with van der Waals surface area (Å²) in [5.74, 6) is 0. The van der Waals surface area contributed by atoms with E-state index in [4.69, 9.17) is 22.0 Å². The van der Waals surface area contributed by atoms with Crippen LogP contribution in [0.25, 0.3) is 0 Å². The number of benzene rings is 1. The number of aliphatic hydroxyl groups excluding tert-OH is 1. The van der Waals surface area contributed by atoms with Crippen molar-refractivity contribution in [1.29, 1.82) is 5.26 Å². The average Bonchev–Trinajstić information content (AvgIpc) is 2.27. The molecular formula is C11H13ClN2O. The fourth-order valence-electron chi connectivity index (χ4n) is 1.25. The molecule has 1 atom stereocenters. The fourth-order valence-corrected chi connectivity index (χ4v) is 1.42. The first kappa shape index (κ1) is 11.8. The third-order valence-electron chi connectivity index (χ3n) is 2.39. The highest BCUT2D eigenvalue weighted by Crippen LogP contribution is 2.24. The van der Waals surface area contributed by atoms with Gasteiger partial charge in [0.25, 0.3) is 0 Å². The Morgan fingerprint density at radius 1 is 1.60 bits per heavy atom. The van der Waals surface area contributed by atoms with Crippen LogP contribution in [0.15, 0.2) is 18.2 Å². The molecule has 0 fully saturated rings. The Hall–Kier alpha value is -1.24. The molecule has 0 saturated carbocycles. The molecule has 1 rings (SSSR count). The lowest BCUT2D eigenvalue weighted by Gasteiger charge is -2.26. The Balaban J connectivity index is 3.12. The first-order valence-corrected chi connectivity index (χ1v) is 5.01. The highest BCUT2D eigenvalue weighted by molar-refractivity contribution is 6.30. The minimum Gasteiger partial charge on any atom is -0.394 e. The van der Waals surface area contributed by atoms with Crippen molar-refractivity contribution in [2.75, 3.05) is 18.6 Å². The van der Waals surface area contributed by atoms with Crippen molar-refractivity contribution in [3.05, 3.63) is 28.8 Å². The summed E-state index contributed by atoms with van der Waals surface area (Å²) in [6.07, 6.45) is 0. The van der Waals surface area contributed by atoms with Crippen LogP contribution in [0, 0.1) is 11.3 Å². The van der Waals surface area contributed by atoms with Gasteiger partial charge < -0.3 is 10.0 Å². The Morgan fingerprint density at radius 3 is 2.80 bits per heavy atom. The van der Waals surface area contributed by atoms with Crippen LogP contribution in [0.5, 0.6) is 0 Å². The molecule has 1 N–H and O–H groups in total. The van der Waals surface area contributed by atoms with E-state index in [0.717, 1.165) is 5.69 Å². The highest BCUT2D eigenvalue weighted by Gasteiger charge is 2.13. The van der Waals surface area contributed by atoms with Crippen molar-refractivity contribution in [2.45, 2.75) is 13.0 Å². The summed E-state index contributed by atoms with van der Waals surface area (Å²) < 4.78 is 0. The zero-order valence-electron chi connectivity index (χ0n) is 8.74. The number of rotatable bonds is 3. The lowest BCUT2D eigenvalue weighted by molar-refractivity contribution is 0.270. The second-order valence-corrected chi connectivity index (χ2v) is 3.85. The summed E-state index contributed by atoms with van der Waals surface area (Å²) in [5.41, 5.74) is 1.30. The molecule has 0 amide bonds. The van der Waals surface area contributed by atoms with Crippen molar-refractivity contribution >= 4 is 17.3 Å². The van der Waals surface area contributed by atoms with Gasteiger partial charge in [-0.25, -0.2) is 0 Å². The maximum atomic E-state index is 9.04. The first-order valence-electron chi connectivity index (χ1n) is 4.63. The van der Waals surface area contributed by atoms with Crippen LogP contribution in [-0.2, 0) is 0 Å². The number of nitriles is 1. The van der Waals surface area contributed by atoms with Crippen molar-refractivity contribution < 1.29 is 5.11 Å². The Kier molecular flexibility index (Phi) is 3.96. The molecule has 1 aromatic carbocycles. The summed E-state index contributed by atoms with van der Waals surface area (Å²) in [5, 5.41) is 18.6. The summed E-state index contributed by atoms with van der Waals surface area (Å²) >= 11 is 5.87. The molecule has 0 aromatic heterocycles. The Morgan fingerprint density at radius 2 is 2.27 bits per heavy atom. The fraction of sp³-hybridized carbons (Fsp3) is 0.364. The minimum atomic E-state index is -0.0458. The van der Waals surface area contributed by atoms with Gasteiger partial charge in [-0.05, 0) is 25.1 Å². The smallest absolute Gasteiger partial charge is 0.101 e. The zero-order valence-corrected chi connectivity index (χ0v) is 9.49. The predicted molar refractivity (Wildman–Crippen MR) is 61.1 cm³/mol. The SMILES string of the molecule is CC(CO)N(C)c1cc(Cl)ccc1C#N. The monoisotopic (exact) mass is 224 g/mol. The van der Waals surface area contributed by atoms with Crippen LogP contribution in [0.4, 0.5) is 5.69 Å². The number of hydrogen-bond acceptors (Lipinski definition) is 3. The molecule has 1 aromatic rings. The van der Waals surface area contributed by atoms with E-state index in [2.05, 4.69) is 6.07 Å². The van der Waals surface area contributed by atoms with Gasteiger partial charge in [-0.3, -0.25) is 0 Å². The molecule has 3 nitrogen and oxygen atoms in total. The molecule has 0 spiro atoms. The Bertz CT molecular complexity index is 387. The van der Waals surface area contributed by atoms with Gasteiger partial charge in [0.1, 0.15) is 6.07 Å². The van der Waals surface area contributed by atoms with Gasteiger partial charge in [0.15, 0.2) is 0 Å². The molecule has 1 unspecified atom stereocenters. The second-order valence-electron chi connectivity index (χ2n) is 3.42. The average molecular weight is 225 g/mol. The van der Waals surface area contributed by atoms with E-state index < -0.39 is 0 Å². The first-order chi connectivity index (χ1) is 7.10. The molecule has 0 radical (unpaired) electrons. The highest BCUT2D eigenvalue weighted by atomic mass is 35.5.